The lowest BCUT2D eigenvalue weighted by Gasteiger charge is -1.90. The Morgan fingerprint density at radius 3 is 3.18 bits per heavy atom. The standard InChI is InChI=1S/C6H5N3OS/c7-3-1-2-8-5-4(3)11-6(10)9-5/h1-2H,(H3,7,8,9,10). The maximum Gasteiger partial charge on any atom is 0.306 e. The van der Waals surface area contributed by atoms with Crippen molar-refractivity contribution in [1.82, 2.24) is 9.97 Å². The van der Waals surface area contributed by atoms with Gasteiger partial charge in [0.05, 0.1) is 10.4 Å². The second-order valence-electron chi connectivity index (χ2n) is 2.09. The van der Waals surface area contributed by atoms with Crippen molar-refractivity contribution in [2.45, 2.75) is 0 Å². The Kier molecular flexibility index (Phi) is 1.19. The molecular weight excluding hydrogens is 162 g/mol. The molecule has 0 saturated carbocycles. The first-order chi connectivity index (χ1) is 5.27. The van der Waals surface area contributed by atoms with Crippen LogP contribution in [0.25, 0.3) is 10.3 Å². The minimum atomic E-state index is -0.120. The molecule has 5 heteroatoms. The van der Waals surface area contributed by atoms with E-state index in [0.717, 1.165) is 16.0 Å². The summed E-state index contributed by atoms with van der Waals surface area (Å²) in [6.45, 7) is 0. The van der Waals surface area contributed by atoms with Crippen molar-refractivity contribution in [3.8, 4) is 0 Å². The van der Waals surface area contributed by atoms with Crippen LogP contribution >= 0.6 is 11.3 Å². The normalized spacial score (nSPS) is 10.5. The lowest BCUT2D eigenvalue weighted by molar-refractivity contribution is 1.29. The van der Waals surface area contributed by atoms with Crippen molar-refractivity contribution in [3.63, 3.8) is 0 Å². The Hall–Kier alpha value is -1.36. The number of thiazole rings is 1. The molecule has 2 aromatic rings. The molecule has 0 unspecified atom stereocenters. The molecule has 0 radical (unpaired) electrons. The molecule has 56 valence electrons. The molecular formula is C6H5N3OS. The summed E-state index contributed by atoms with van der Waals surface area (Å²) in [4.78, 5) is 17.2. The van der Waals surface area contributed by atoms with Crippen molar-refractivity contribution in [2.75, 3.05) is 5.73 Å². The molecule has 0 saturated heterocycles. The number of H-pyrrole nitrogens is 1. The fourth-order valence-corrected chi connectivity index (χ4v) is 1.59. The molecule has 2 aromatic heterocycles. The number of hydrogen-bond acceptors (Lipinski definition) is 4. The zero-order valence-electron chi connectivity index (χ0n) is 5.50. The third-order valence-corrected chi connectivity index (χ3v) is 2.27. The molecule has 0 bridgehead atoms. The molecule has 0 aromatic carbocycles. The van der Waals surface area contributed by atoms with E-state index >= 15 is 0 Å². The van der Waals surface area contributed by atoms with Crippen molar-refractivity contribution in [2.24, 2.45) is 0 Å². The predicted molar refractivity (Wildman–Crippen MR) is 44.7 cm³/mol. The van der Waals surface area contributed by atoms with Gasteiger partial charge in [-0.25, -0.2) is 4.98 Å². The summed E-state index contributed by atoms with van der Waals surface area (Å²) in [5.74, 6) is 0. The van der Waals surface area contributed by atoms with Crippen LogP contribution in [-0.2, 0) is 0 Å². The van der Waals surface area contributed by atoms with Crippen LogP contribution in [0, 0.1) is 0 Å². The van der Waals surface area contributed by atoms with Gasteiger partial charge in [0.15, 0.2) is 5.65 Å². The number of rotatable bonds is 0. The number of nitrogen functional groups attached to an aromatic ring is 1. The second kappa shape index (κ2) is 2.06. The quantitative estimate of drug-likeness (QED) is 0.602. The maximum atomic E-state index is 10.8. The summed E-state index contributed by atoms with van der Waals surface area (Å²) in [6, 6.07) is 1.67. The molecule has 11 heavy (non-hydrogen) atoms. The minimum Gasteiger partial charge on any atom is -0.397 e. The largest absolute Gasteiger partial charge is 0.397 e. The third kappa shape index (κ3) is 0.894. The smallest absolute Gasteiger partial charge is 0.306 e. The zero-order chi connectivity index (χ0) is 7.84. The van der Waals surface area contributed by atoms with Crippen LogP contribution in [-0.4, -0.2) is 9.97 Å². The van der Waals surface area contributed by atoms with E-state index in [4.69, 9.17) is 5.73 Å². The first-order valence-corrected chi connectivity index (χ1v) is 3.82. The van der Waals surface area contributed by atoms with Crippen LogP contribution in [0.1, 0.15) is 0 Å². The van der Waals surface area contributed by atoms with E-state index in [1.165, 1.54) is 0 Å². The summed E-state index contributed by atoms with van der Waals surface area (Å²) >= 11 is 1.08. The van der Waals surface area contributed by atoms with Crippen LogP contribution < -0.4 is 10.6 Å². The Morgan fingerprint density at radius 2 is 2.45 bits per heavy atom. The van der Waals surface area contributed by atoms with Crippen LogP contribution in [0.15, 0.2) is 17.1 Å². The van der Waals surface area contributed by atoms with Gasteiger partial charge in [0, 0.05) is 6.20 Å². The minimum absolute atomic E-state index is 0.120. The summed E-state index contributed by atoms with van der Waals surface area (Å²) in [5, 5.41) is 0. The molecule has 0 amide bonds. The Labute approximate surface area is 65.7 Å². The zero-order valence-corrected chi connectivity index (χ0v) is 6.31. The van der Waals surface area contributed by atoms with E-state index in [1.807, 2.05) is 0 Å². The van der Waals surface area contributed by atoms with E-state index < -0.39 is 0 Å². The van der Waals surface area contributed by atoms with Gasteiger partial charge in [-0.1, -0.05) is 11.3 Å². The summed E-state index contributed by atoms with van der Waals surface area (Å²) in [7, 11) is 0. The van der Waals surface area contributed by atoms with Crippen molar-refractivity contribution in [1.29, 1.82) is 0 Å². The number of nitrogens with one attached hydrogen (secondary N) is 1. The monoisotopic (exact) mass is 167 g/mol. The van der Waals surface area contributed by atoms with Gasteiger partial charge in [-0.3, -0.25) is 9.78 Å². The summed E-state index contributed by atoms with van der Waals surface area (Å²) in [6.07, 6.45) is 1.57. The lowest BCUT2D eigenvalue weighted by atomic mass is 10.4. The molecule has 0 spiro atoms. The molecule has 2 rings (SSSR count). The number of fused-ring (bicyclic) bond motifs is 1. The molecule has 3 N–H and O–H groups in total. The number of hydrogen-bond donors (Lipinski definition) is 2. The SMILES string of the molecule is Nc1ccnc2[nH]c(=O)sc12. The molecule has 0 atom stereocenters. The third-order valence-electron chi connectivity index (χ3n) is 1.35. The average Bonchev–Trinajstić information content (AvgIpc) is 2.31. The van der Waals surface area contributed by atoms with Gasteiger partial charge in [-0.2, -0.15) is 0 Å². The van der Waals surface area contributed by atoms with Crippen molar-refractivity contribution < 1.29 is 0 Å². The van der Waals surface area contributed by atoms with Gasteiger partial charge in [0.25, 0.3) is 0 Å². The predicted octanol–water partition coefficient (Wildman–Crippen LogP) is 0.567. The highest BCUT2D eigenvalue weighted by Gasteiger charge is 2.01. The van der Waals surface area contributed by atoms with Gasteiger partial charge < -0.3 is 5.73 Å². The fraction of sp³-hybridized carbons (Fsp3) is 0. The molecule has 0 aliphatic heterocycles. The molecule has 4 nitrogen and oxygen atoms in total. The maximum absolute atomic E-state index is 10.8. The fourth-order valence-electron chi connectivity index (χ4n) is 0.874. The number of nitrogens with two attached hydrogens (primary N) is 1. The van der Waals surface area contributed by atoms with Crippen LogP contribution in [0.4, 0.5) is 5.69 Å². The first-order valence-electron chi connectivity index (χ1n) is 3.00. The van der Waals surface area contributed by atoms with E-state index in [1.54, 1.807) is 12.3 Å². The van der Waals surface area contributed by atoms with E-state index in [-0.39, 0.29) is 4.87 Å². The van der Waals surface area contributed by atoms with Gasteiger partial charge in [0.2, 0.25) is 0 Å². The van der Waals surface area contributed by atoms with Gasteiger partial charge in [-0.05, 0) is 6.07 Å². The second-order valence-corrected chi connectivity index (χ2v) is 3.08. The Balaban J connectivity index is 3.01. The van der Waals surface area contributed by atoms with Crippen molar-refractivity contribution in [3.05, 3.63) is 21.9 Å². The molecule has 0 aliphatic carbocycles. The topological polar surface area (TPSA) is 71.8 Å². The van der Waals surface area contributed by atoms with E-state index in [2.05, 4.69) is 9.97 Å². The van der Waals surface area contributed by atoms with Crippen LogP contribution in [0.2, 0.25) is 0 Å². The highest BCUT2D eigenvalue weighted by atomic mass is 32.1. The van der Waals surface area contributed by atoms with Gasteiger partial charge in [0.1, 0.15) is 0 Å². The van der Waals surface area contributed by atoms with Crippen molar-refractivity contribution >= 4 is 27.4 Å². The molecule has 0 aliphatic rings. The van der Waals surface area contributed by atoms with E-state index in [0.29, 0.717) is 11.3 Å². The first kappa shape index (κ1) is 6.36. The Morgan fingerprint density at radius 1 is 1.64 bits per heavy atom. The highest BCUT2D eigenvalue weighted by molar-refractivity contribution is 7.17. The number of anilines is 1. The van der Waals surface area contributed by atoms with Crippen LogP contribution in [0.5, 0.6) is 0 Å². The van der Waals surface area contributed by atoms with Gasteiger partial charge >= 0.3 is 4.87 Å². The average molecular weight is 167 g/mol. The Bertz CT molecular complexity index is 444. The van der Waals surface area contributed by atoms with E-state index in [9.17, 15) is 4.79 Å². The number of nitrogens with zero attached hydrogens (tertiary/aromatic N) is 1. The van der Waals surface area contributed by atoms with Gasteiger partial charge in [-0.15, -0.1) is 0 Å². The number of pyridine rings is 1. The number of aromatic nitrogens is 2. The lowest BCUT2D eigenvalue weighted by Crippen LogP contribution is -1.90. The van der Waals surface area contributed by atoms with Crippen LogP contribution in [0.3, 0.4) is 0 Å². The highest BCUT2D eigenvalue weighted by Crippen LogP contribution is 2.18. The summed E-state index contributed by atoms with van der Waals surface area (Å²) < 4.78 is 0.734. The number of aromatic amines is 1. The molecule has 2 heterocycles. The summed E-state index contributed by atoms with van der Waals surface area (Å²) in [5.41, 5.74) is 6.75. The molecule has 0 fully saturated rings.